The van der Waals surface area contributed by atoms with Gasteiger partial charge in [0.1, 0.15) is 11.3 Å². The number of aromatic amines is 1. The van der Waals surface area contributed by atoms with Crippen molar-refractivity contribution in [1.82, 2.24) is 9.97 Å². The number of rotatable bonds is 1. The van der Waals surface area contributed by atoms with Crippen molar-refractivity contribution >= 4 is 22.6 Å². The van der Waals surface area contributed by atoms with Crippen molar-refractivity contribution in [2.24, 2.45) is 0 Å². The van der Waals surface area contributed by atoms with Crippen LogP contribution < -0.4 is 0 Å². The minimum absolute atomic E-state index is 0.131. The molecule has 1 aliphatic rings. The van der Waals surface area contributed by atoms with E-state index in [1.165, 1.54) is 0 Å². The molecule has 0 unspecified atom stereocenters. The van der Waals surface area contributed by atoms with Gasteiger partial charge in [-0.1, -0.05) is 11.6 Å². The summed E-state index contributed by atoms with van der Waals surface area (Å²) < 4.78 is 13.5. The molecule has 72 valence electrons. The van der Waals surface area contributed by atoms with Gasteiger partial charge in [0.05, 0.1) is 10.5 Å². The standard InChI is InChI=1S/C10H8ClFN2/c11-6-3-4-7-9(8(6)12)14-10(13-7)5-1-2-5/h3-5H,1-2H2,(H,13,14). The summed E-state index contributed by atoms with van der Waals surface area (Å²) in [6.07, 6.45) is 2.30. The minimum Gasteiger partial charge on any atom is -0.342 e. The van der Waals surface area contributed by atoms with Gasteiger partial charge in [0.15, 0.2) is 5.82 Å². The van der Waals surface area contributed by atoms with E-state index in [0.29, 0.717) is 11.4 Å². The van der Waals surface area contributed by atoms with Crippen LogP contribution in [0.2, 0.25) is 5.02 Å². The lowest BCUT2D eigenvalue weighted by atomic mass is 10.3. The fourth-order valence-corrected chi connectivity index (χ4v) is 1.74. The average molecular weight is 211 g/mol. The van der Waals surface area contributed by atoms with Gasteiger partial charge in [-0.3, -0.25) is 0 Å². The maximum atomic E-state index is 13.5. The van der Waals surface area contributed by atoms with Crippen LogP contribution in [0.1, 0.15) is 24.6 Å². The zero-order chi connectivity index (χ0) is 9.71. The normalized spacial score (nSPS) is 16.4. The van der Waals surface area contributed by atoms with E-state index >= 15 is 0 Å². The molecule has 0 radical (unpaired) electrons. The molecule has 2 nitrogen and oxygen atoms in total. The number of aromatic nitrogens is 2. The summed E-state index contributed by atoms with van der Waals surface area (Å²) in [5.41, 5.74) is 1.09. The Morgan fingerprint density at radius 2 is 2.21 bits per heavy atom. The Morgan fingerprint density at radius 1 is 1.43 bits per heavy atom. The molecule has 0 amide bonds. The molecule has 0 atom stereocenters. The predicted octanol–water partition coefficient (Wildman–Crippen LogP) is 3.23. The number of imidazole rings is 1. The molecule has 1 saturated carbocycles. The zero-order valence-electron chi connectivity index (χ0n) is 7.35. The average Bonchev–Trinajstić information content (AvgIpc) is 2.93. The summed E-state index contributed by atoms with van der Waals surface area (Å²) >= 11 is 5.66. The van der Waals surface area contributed by atoms with Crippen molar-refractivity contribution in [3.63, 3.8) is 0 Å². The lowest BCUT2D eigenvalue weighted by molar-refractivity contribution is 0.637. The van der Waals surface area contributed by atoms with Crippen molar-refractivity contribution in [3.8, 4) is 0 Å². The SMILES string of the molecule is Fc1c(Cl)ccc2[nH]c(C3CC3)nc12. The van der Waals surface area contributed by atoms with Crippen LogP contribution in [0.4, 0.5) is 4.39 Å². The van der Waals surface area contributed by atoms with Crippen LogP contribution in [0, 0.1) is 5.82 Å². The highest BCUT2D eigenvalue weighted by Gasteiger charge is 2.27. The van der Waals surface area contributed by atoms with Gasteiger partial charge in [0.25, 0.3) is 0 Å². The molecular weight excluding hydrogens is 203 g/mol. The second kappa shape index (κ2) is 2.70. The fraction of sp³-hybridized carbons (Fsp3) is 0.300. The molecule has 2 aromatic rings. The smallest absolute Gasteiger partial charge is 0.169 e. The third-order valence-electron chi connectivity index (χ3n) is 2.53. The topological polar surface area (TPSA) is 28.7 Å². The molecule has 1 fully saturated rings. The molecule has 1 heterocycles. The number of nitrogens with one attached hydrogen (secondary N) is 1. The highest BCUT2D eigenvalue weighted by Crippen LogP contribution is 2.39. The van der Waals surface area contributed by atoms with Crippen molar-refractivity contribution in [2.45, 2.75) is 18.8 Å². The molecule has 14 heavy (non-hydrogen) atoms. The van der Waals surface area contributed by atoms with Crippen LogP contribution >= 0.6 is 11.6 Å². The molecular formula is C10H8ClFN2. The second-order valence-electron chi connectivity index (χ2n) is 3.65. The molecule has 0 saturated heterocycles. The Labute approximate surface area is 85.1 Å². The molecule has 0 bridgehead atoms. The molecule has 4 heteroatoms. The zero-order valence-corrected chi connectivity index (χ0v) is 8.11. The van der Waals surface area contributed by atoms with E-state index in [1.54, 1.807) is 12.1 Å². The van der Waals surface area contributed by atoms with Gasteiger partial charge < -0.3 is 4.98 Å². The van der Waals surface area contributed by atoms with Crippen LogP contribution in [0.25, 0.3) is 11.0 Å². The molecule has 0 spiro atoms. The van der Waals surface area contributed by atoms with Gasteiger partial charge in [0, 0.05) is 5.92 Å². The van der Waals surface area contributed by atoms with Gasteiger partial charge >= 0.3 is 0 Å². The number of nitrogens with zero attached hydrogens (tertiary/aromatic N) is 1. The quantitative estimate of drug-likeness (QED) is 0.769. The summed E-state index contributed by atoms with van der Waals surface area (Å²) in [6, 6.07) is 3.31. The first-order chi connectivity index (χ1) is 6.75. The van der Waals surface area contributed by atoms with Crippen LogP contribution in [-0.4, -0.2) is 9.97 Å². The fourth-order valence-electron chi connectivity index (χ4n) is 1.59. The Kier molecular flexibility index (Phi) is 1.59. The monoisotopic (exact) mass is 210 g/mol. The van der Waals surface area contributed by atoms with E-state index in [-0.39, 0.29) is 5.02 Å². The van der Waals surface area contributed by atoms with Gasteiger partial charge in [0.2, 0.25) is 0 Å². The number of hydrogen-bond acceptors (Lipinski definition) is 1. The van der Waals surface area contributed by atoms with Crippen molar-refractivity contribution in [3.05, 3.63) is 28.8 Å². The molecule has 3 rings (SSSR count). The van der Waals surface area contributed by atoms with E-state index in [9.17, 15) is 4.39 Å². The number of fused-ring (bicyclic) bond motifs is 1. The Balaban J connectivity index is 2.26. The Hall–Kier alpha value is -1.09. The highest BCUT2D eigenvalue weighted by molar-refractivity contribution is 6.31. The second-order valence-corrected chi connectivity index (χ2v) is 4.06. The van der Waals surface area contributed by atoms with Crippen LogP contribution in [0.3, 0.4) is 0 Å². The van der Waals surface area contributed by atoms with Gasteiger partial charge in [-0.15, -0.1) is 0 Å². The molecule has 1 aliphatic carbocycles. The molecule has 1 aromatic heterocycles. The molecule has 1 aromatic carbocycles. The first kappa shape index (κ1) is 8.24. The van der Waals surface area contributed by atoms with Gasteiger partial charge in [-0.05, 0) is 25.0 Å². The molecule has 1 N–H and O–H groups in total. The third kappa shape index (κ3) is 1.12. The van der Waals surface area contributed by atoms with E-state index in [2.05, 4.69) is 9.97 Å². The van der Waals surface area contributed by atoms with E-state index in [0.717, 1.165) is 24.2 Å². The number of H-pyrrole nitrogens is 1. The summed E-state index contributed by atoms with van der Waals surface area (Å²) in [7, 11) is 0. The minimum atomic E-state index is -0.424. The van der Waals surface area contributed by atoms with E-state index in [4.69, 9.17) is 11.6 Å². The first-order valence-electron chi connectivity index (χ1n) is 4.59. The molecule has 0 aliphatic heterocycles. The van der Waals surface area contributed by atoms with E-state index < -0.39 is 5.82 Å². The third-order valence-corrected chi connectivity index (χ3v) is 2.82. The van der Waals surface area contributed by atoms with Crippen molar-refractivity contribution in [1.29, 1.82) is 0 Å². The first-order valence-corrected chi connectivity index (χ1v) is 4.97. The predicted molar refractivity (Wildman–Crippen MR) is 53.0 cm³/mol. The highest BCUT2D eigenvalue weighted by atomic mass is 35.5. The van der Waals surface area contributed by atoms with Crippen LogP contribution in [0.15, 0.2) is 12.1 Å². The lowest BCUT2D eigenvalue weighted by Gasteiger charge is -1.92. The number of hydrogen-bond donors (Lipinski definition) is 1. The maximum absolute atomic E-state index is 13.5. The van der Waals surface area contributed by atoms with Crippen molar-refractivity contribution in [2.75, 3.05) is 0 Å². The van der Waals surface area contributed by atoms with Crippen LogP contribution in [-0.2, 0) is 0 Å². The Morgan fingerprint density at radius 3 is 2.93 bits per heavy atom. The van der Waals surface area contributed by atoms with Gasteiger partial charge in [-0.25, -0.2) is 9.37 Å². The summed E-state index contributed by atoms with van der Waals surface area (Å²) in [6.45, 7) is 0. The lowest BCUT2D eigenvalue weighted by Crippen LogP contribution is -1.81. The number of halogens is 2. The summed E-state index contributed by atoms with van der Waals surface area (Å²) in [5, 5.41) is 0.131. The van der Waals surface area contributed by atoms with Crippen LogP contribution in [0.5, 0.6) is 0 Å². The maximum Gasteiger partial charge on any atom is 0.169 e. The largest absolute Gasteiger partial charge is 0.342 e. The summed E-state index contributed by atoms with van der Waals surface area (Å²) in [5.74, 6) is 0.967. The van der Waals surface area contributed by atoms with E-state index in [1.807, 2.05) is 0 Å². The Bertz CT molecular complexity index is 502. The van der Waals surface area contributed by atoms with Gasteiger partial charge in [-0.2, -0.15) is 0 Å². The van der Waals surface area contributed by atoms with Crippen molar-refractivity contribution < 1.29 is 4.39 Å². The number of benzene rings is 1. The summed E-state index contributed by atoms with van der Waals surface area (Å²) in [4.78, 5) is 7.34.